The first-order valence-corrected chi connectivity index (χ1v) is 17.1. The van der Waals surface area contributed by atoms with E-state index in [-0.39, 0.29) is 39.5 Å². The molecule has 0 spiro atoms. The highest BCUT2D eigenvalue weighted by atomic mass is 35.5. The van der Waals surface area contributed by atoms with Crippen LogP contribution in [0.2, 0.25) is 10.0 Å². The van der Waals surface area contributed by atoms with Crippen LogP contribution in [0.4, 0.5) is 5.69 Å². The molecular formula is C36H39Cl2N3O4S. The fourth-order valence-electron chi connectivity index (χ4n) is 5.01. The number of anilines is 1. The van der Waals surface area contributed by atoms with E-state index in [1.165, 1.54) is 23.1 Å². The van der Waals surface area contributed by atoms with Crippen LogP contribution in [0, 0.1) is 13.8 Å². The molecule has 0 aromatic heterocycles. The number of carbonyl (C=O) groups is 2. The number of carbonyl (C=O) groups excluding carboxylic acids is 2. The molecule has 7 nitrogen and oxygen atoms in total. The Bertz CT molecular complexity index is 1790. The van der Waals surface area contributed by atoms with Gasteiger partial charge in [-0.2, -0.15) is 0 Å². The van der Waals surface area contributed by atoms with E-state index in [0.29, 0.717) is 0 Å². The molecule has 0 aliphatic rings. The molecule has 0 bridgehead atoms. The van der Waals surface area contributed by atoms with E-state index in [9.17, 15) is 18.0 Å². The second-order valence-corrected chi connectivity index (χ2v) is 14.9. The van der Waals surface area contributed by atoms with E-state index in [0.717, 1.165) is 26.6 Å². The zero-order chi connectivity index (χ0) is 33.6. The summed E-state index contributed by atoms with van der Waals surface area (Å²) in [6, 6.07) is 27.0. The number of benzene rings is 4. The van der Waals surface area contributed by atoms with Crippen LogP contribution in [-0.4, -0.2) is 43.3 Å². The van der Waals surface area contributed by atoms with E-state index in [4.69, 9.17) is 23.2 Å². The number of halogens is 2. The number of nitrogens with zero attached hydrogens (tertiary/aromatic N) is 2. The van der Waals surface area contributed by atoms with Crippen molar-refractivity contribution in [2.75, 3.05) is 10.8 Å². The van der Waals surface area contributed by atoms with Crippen molar-refractivity contribution in [2.24, 2.45) is 0 Å². The van der Waals surface area contributed by atoms with Crippen molar-refractivity contribution in [2.45, 2.75) is 64.1 Å². The van der Waals surface area contributed by atoms with Gasteiger partial charge in [-0.1, -0.05) is 102 Å². The summed E-state index contributed by atoms with van der Waals surface area (Å²) in [4.78, 5) is 30.1. The van der Waals surface area contributed by atoms with Crippen molar-refractivity contribution in [3.8, 4) is 0 Å². The minimum absolute atomic E-state index is 0.00980. The van der Waals surface area contributed by atoms with E-state index in [1.54, 1.807) is 24.3 Å². The van der Waals surface area contributed by atoms with Gasteiger partial charge in [-0.05, 0) is 75.6 Å². The third-order valence-electron chi connectivity index (χ3n) is 7.46. The lowest BCUT2D eigenvalue weighted by molar-refractivity contribution is -0.140. The summed E-state index contributed by atoms with van der Waals surface area (Å²) in [6.07, 6.45) is 0.211. The molecule has 1 atom stereocenters. The van der Waals surface area contributed by atoms with Gasteiger partial charge in [0.25, 0.3) is 10.0 Å². The van der Waals surface area contributed by atoms with Gasteiger partial charge in [0.1, 0.15) is 12.6 Å². The molecule has 2 amide bonds. The Balaban J connectivity index is 1.86. The van der Waals surface area contributed by atoms with Crippen molar-refractivity contribution in [3.63, 3.8) is 0 Å². The van der Waals surface area contributed by atoms with E-state index < -0.39 is 34.1 Å². The molecule has 4 rings (SSSR count). The zero-order valence-corrected chi connectivity index (χ0v) is 29.0. The molecule has 0 radical (unpaired) electrons. The highest BCUT2D eigenvalue weighted by Gasteiger charge is 2.36. The van der Waals surface area contributed by atoms with Crippen LogP contribution in [0.5, 0.6) is 0 Å². The lowest BCUT2D eigenvalue weighted by Gasteiger charge is -2.35. The van der Waals surface area contributed by atoms with Crippen LogP contribution in [-0.2, 0) is 32.6 Å². The van der Waals surface area contributed by atoms with Crippen LogP contribution in [0.3, 0.4) is 0 Å². The maximum absolute atomic E-state index is 14.6. The number of amides is 2. The molecule has 0 unspecified atom stereocenters. The molecule has 10 heteroatoms. The first kappa shape index (κ1) is 35.0. The summed E-state index contributed by atoms with van der Waals surface area (Å²) in [5.74, 6) is -0.938. The second kappa shape index (κ2) is 14.7. The molecule has 0 saturated carbocycles. The normalized spacial score (nSPS) is 12.3. The smallest absolute Gasteiger partial charge is 0.264 e. The predicted octanol–water partition coefficient (Wildman–Crippen LogP) is 7.36. The van der Waals surface area contributed by atoms with Gasteiger partial charge in [0, 0.05) is 18.5 Å². The number of hydrogen-bond acceptors (Lipinski definition) is 4. The van der Waals surface area contributed by atoms with Gasteiger partial charge in [0.2, 0.25) is 11.8 Å². The van der Waals surface area contributed by atoms with Gasteiger partial charge in [-0.15, -0.1) is 0 Å². The fraction of sp³-hybridized carbons (Fsp3) is 0.278. The van der Waals surface area contributed by atoms with E-state index in [1.807, 2.05) is 89.2 Å². The monoisotopic (exact) mass is 679 g/mol. The zero-order valence-electron chi connectivity index (χ0n) is 26.6. The van der Waals surface area contributed by atoms with Gasteiger partial charge in [0.15, 0.2) is 0 Å². The van der Waals surface area contributed by atoms with E-state index in [2.05, 4.69) is 5.32 Å². The van der Waals surface area contributed by atoms with Crippen molar-refractivity contribution in [1.29, 1.82) is 0 Å². The van der Waals surface area contributed by atoms with Crippen LogP contribution in [0.15, 0.2) is 102 Å². The maximum atomic E-state index is 14.6. The standard InChI is InChI=1S/C36H39Cl2N3O4S/c1-25-18-20-29(21-19-25)46(44,45)41(31-17-11-16-30(37)34(31)38)24-33(42)40(23-28-15-10-9-12-26(28)2)32(35(43)39-36(3,4)5)22-27-13-7-6-8-14-27/h6-21,32H,22-24H2,1-5H3,(H,39,43)/t32-/m0/s1. The molecule has 0 fully saturated rings. The SMILES string of the molecule is Cc1ccc(S(=O)(=O)N(CC(=O)N(Cc2ccccc2C)[C@@H](Cc2ccccc2)C(=O)NC(C)(C)C)c2cccc(Cl)c2Cl)cc1. The lowest BCUT2D eigenvalue weighted by atomic mass is 10.00. The quantitative estimate of drug-likeness (QED) is 0.179. The number of rotatable bonds is 11. The van der Waals surface area contributed by atoms with Crippen LogP contribution < -0.4 is 9.62 Å². The maximum Gasteiger partial charge on any atom is 0.264 e. The van der Waals surface area contributed by atoms with Gasteiger partial charge in [0.05, 0.1) is 20.6 Å². The van der Waals surface area contributed by atoms with Gasteiger partial charge >= 0.3 is 0 Å². The average molecular weight is 681 g/mol. The minimum atomic E-state index is -4.31. The van der Waals surface area contributed by atoms with Crippen LogP contribution in [0.25, 0.3) is 0 Å². The molecule has 0 saturated heterocycles. The molecule has 46 heavy (non-hydrogen) atoms. The minimum Gasteiger partial charge on any atom is -0.350 e. The van der Waals surface area contributed by atoms with Gasteiger partial charge in [-0.25, -0.2) is 8.42 Å². The second-order valence-electron chi connectivity index (χ2n) is 12.3. The first-order chi connectivity index (χ1) is 21.7. The summed E-state index contributed by atoms with van der Waals surface area (Å²) < 4.78 is 29.4. The number of sulfonamides is 1. The molecule has 1 N–H and O–H groups in total. The largest absolute Gasteiger partial charge is 0.350 e. The first-order valence-electron chi connectivity index (χ1n) is 14.9. The van der Waals surface area contributed by atoms with Gasteiger partial charge < -0.3 is 10.2 Å². The summed E-state index contributed by atoms with van der Waals surface area (Å²) in [5.41, 5.74) is 2.95. The van der Waals surface area contributed by atoms with Crippen LogP contribution >= 0.6 is 23.2 Å². The predicted molar refractivity (Wildman–Crippen MR) is 186 cm³/mol. The van der Waals surface area contributed by atoms with Gasteiger partial charge in [-0.3, -0.25) is 13.9 Å². The Morgan fingerprint density at radius 1 is 0.826 bits per heavy atom. The molecular weight excluding hydrogens is 641 g/mol. The van der Waals surface area contributed by atoms with Crippen LogP contribution in [0.1, 0.15) is 43.0 Å². The highest BCUT2D eigenvalue weighted by Crippen LogP contribution is 2.36. The fourth-order valence-corrected chi connectivity index (χ4v) is 6.89. The number of hydrogen-bond donors (Lipinski definition) is 1. The third-order valence-corrected chi connectivity index (χ3v) is 10.0. The lowest BCUT2D eigenvalue weighted by Crippen LogP contribution is -2.56. The molecule has 242 valence electrons. The third kappa shape index (κ3) is 8.69. The summed E-state index contributed by atoms with van der Waals surface area (Å²) >= 11 is 12.9. The molecule has 4 aromatic carbocycles. The highest BCUT2D eigenvalue weighted by molar-refractivity contribution is 7.92. The van der Waals surface area contributed by atoms with Crippen molar-refractivity contribution >= 4 is 50.7 Å². The number of nitrogens with one attached hydrogen (secondary N) is 1. The Morgan fingerprint density at radius 2 is 1.46 bits per heavy atom. The summed E-state index contributed by atoms with van der Waals surface area (Å²) in [6.45, 7) is 8.83. The molecule has 0 heterocycles. The Hall–Kier alpha value is -3.85. The molecule has 0 aliphatic heterocycles. The summed E-state index contributed by atoms with van der Waals surface area (Å²) in [5, 5.41) is 3.16. The summed E-state index contributed by atoms with van der Waals surface area (Å²) in [7, 11) is -4.31. The molecule has 0 aliphatic carbocycles. The van der Waals surface area contributed by atoms with Crippen molar-refractivity contribution < 1.29 is 18.0 Å². The Morgan fingerprint density at radius 3 is 2.09 bits per heavy atom. The van der Waals surface area contributed by atoms with E-state index >= 15 is 0 Å². The topological polar surface area (TPSA) is 86.8 Å². The van der Waals surface area contributed by atoms with Crippen molar-refractivity contribution in [1.82, 2.24) is 10.2 Å². The van der Waals surface area contributed by atoms with Crippen molar-refractivity contribution in [3.05, 3.63) is 129 Å². The Labute approximate surface area is 282 Å². The Kier molecular flexibility index (Phi) is 11.2. The number of aryl methyl sites for hydroxylation is 2. The molecule has 4 aromatic rings. The average Bonchev–Trinajstić information content (AvgIpc) is 3.00.